The van der Waals surface area contributed by atoms with E-state index in [-0.39, 0.29) is 0 Å². The quantitative estimate of drug-likeness (QED) is 0.544. The van der Waals surface area contributed by atoms with E-state index >= 15 is 0 Å². The van der Waals surface area contributed by atoms with Gasteiger partial charge in [-0.1, -0.05) is 63.2 Å². The summed E-state index contributed by atoms with van der Waals surface area (Å²) in [4.78, 5) is 5.39. The minimum atomic E-state index is 0.441. The van der Waals surface area contributed by atoms with Crippen molar-refractivity contribution in [1.82, 2.24) is 0 Å². The first kappa shape index (κ1) is 12.8. The molecular formula is C14H21NO. The third kappa shape index (κ3) is 4.05. The Bertz CT molecular complexity index is 318. The number of hydrogen-bond acceptors (Lipinski definition) is 2. The molecule has 16 heavy (non-hydrogen) atoms. The Labute approximate surface area is 98.3 Å². The summed E-state index contributed by atoms with van der Waals surface area (Å²) < 4.78 is 0. The first-order chi connectivity index (χ1) is 7.61. The lowest BCUT2D eigenvalue weighted by Crippen LogP contribution is -2.15. The summed E-state index contributed by atoms with van der Waals surface area (Å²) in [5.41, 5.74) is 2.27. The monoisotopic (exact) mass is 219 g/mol. The molecule has 0 radical (unpaired) electrons. The zero-order valence-corrected chi connectivity index (χ0v) is 10.6. The van der Waals surface area contributed by atoms with Gasteiger partial charge in [0.1, 0.15) is 6.61 Å². The van der Waals surface area contributed by atoms with Gasteiger partial charge in [-0.25, -0.2) is 0 Å². The molecule has 0 N–H and O–H groups in total. The fourth-order valence-corrected chi connectivity index (χ4v) is 1.63. The van der Waals surface area contributed by atoms with Gasteiger partial charge in [0.25, 0.3) is 0 Å². The lowest BCUT2D eigenvalue weighted by atomic mass is 9.98. The number of hydrogen-bond donors (Lipinski definition) is 0. The summed E-state index contributed by atoms with van der Waals surface area (Å²) in [5, 5.41) is 4.23. The number of oxime groups is 1. The Kier molecular flexibility index (Phi) is 5.03. The van der Waals surface area contributed by atoms with E-state index in [1.54, 1.807) is 0 Å². The van der Waals surface area contributed by atoms with E-state index in [0.29, 0.717) is 18.4 Å². The van der Waals surface area contributed by atoms with Crippen molar-refractivity contribution in [2.75, 3.05) is 0 Å². The molecule has 0 heterocycles. The Morgan fingerprint density at radius 3 is 2.12 bits per heavy atom. The molecule has 0 aliphatic carbocycles. The van der Waals surface area contributed by atoms with Gasteiger partial charge in [-0.2, -0.15) is 0 Å². The van der Waals surface area contributed by atoms with Crippen molar-refractivity contribution in [2.24, 2.45) is 17.0 Å². The van der Waals surface area contributed by atoms with Crippen LogP contribution in [0, 0.1) is 11.8 Å². The van der Waals surface area contributed by atoms with E-state index in [1.165, 1.54) is 0 Å². The van der Waals surface area contributed by atoms with Crippen LogP contribution >= 0.6 is 0 Å². The van der Waals surface area contributed by atoms with Crippen LogP contribution in [0.3, 0.4) is 0 Å². The van der Waals surface area contributed by atoms with Gasteiger partial charge in [0.15, 0.2) is 0 Å². The van der Waals surface area contributed by atoms with Gasteiger partial charge in [0.2, 0.25) is 0 Å². The molecule has 1 aromatic rings. The van der Waals surface area contributed by atoms with Gasteiger partial charge in [-0.3, -0.25) is 0 Å². The van der Waals surface area contributed by atoms with Crippen LogP contribution < -0.4 is 0 Å². The maximum Gasteiger partial charge on any atom is 0.142 e. The first-order valence-electron chi connectivity index (χ1n) is 5.85. The first-order valence-corrected chi connectivity index (χ1v) is 5.85. The number of nitrogens with zero attached hydrogens (tertiary/aromatic N) is 1. The predicted molar refractivity (Wildman–Crippen MR) is 68.3 cm³/mol. The SMILES string of the molecule is CC(C)C(=NOCc1ccccc1)C(C)C. The molecule has 2 heteroatoms. The Morgan fingerprint density at radius 2 is 1.62 bits per heavy atom. The van der Waals surface area contributed by atoms with Crippen molar-refractivity contribution in [3.05, 3.63) is 35.9 Å². The zero-order chi connectivity index (χ0) is 12.0. The van der Waals surface area contributed by atoms with Gasteiger partial charge in [-0.05, 0) is 17.4 Å². The zero-order valence-electron chi connectivity index (χ0n) is 10.6. The van der Waals surface area contributed by atoms with Gasteiger partial charge in [-0.15, -0.1) is 0 Å². The Balaban J connectivity index is 2.52. The highest BCUT2D eigenvalue weighted by atomic mass is 16.6. The third-order valence-corrected chi connectivity index (χ3v) is 2.43. The van der Waals surface area contributed by atoms with E-state index in [4.69, 9.17) is 4.84 Å². The molecule has 1 aromatic carbocycles. The van der Waals surface area contributed by atoms with Crippen LogP contribution in [0.5, 0.6) is 0 Å². The highest BCUT2D eigenvalue weighted by Gasteiger charge is 2.10. The van der Waals surface area contributed by atoms with Gasteiger partial charge in [0, 0.05) is 0 Å². The van der Waals surface area contributed by atoms with E-state index in [1.807, 2.05) is 30.3 Å². The van der Waals surface area contributed by atoms with E-state index in [2.05, 4.69) is 32.9 Å². The molecule has 0 amide bonds. The van der Waals surface area contributed by atoms with E-state index < -0.39 is 0 Å². The normalized spacial score (nSPS) is 10.6. The summed E-state index contributed by atoms with van der Waals surface area (Å²) in [6.07, 6.45) is 0. The molecule has 0 aliphatic rings. The van der Waals surface area contributed by atoms with Crippen molar-refractivity contribution >= 4 is 5.71 Å². The minimum Gasteiger partial charge on any atom is -0.391 e. The fourth-order valence-electron chi connectivity index (χ4n) is 1.63. The average Bonchev–Trinajstić information content (AvgIpc) is 2.24. The molecule has 0 fully saturated rings. The lowest BCUT2D eigenvalue weighted by Gasteiger charge is -2.13. The third-order valence-electron chi connectivity index (χ3n) is 2.43. The van der Waals surface area contributed by atoms with Crippen LogP contribution in [-0.4, -0.2) is 5.71 Å². The Morgan fingerprint density at radius 1 is 1.06 bits per heavy atom. The molecule has 88 valence electrons. The maximum absolute atomic E-state index is 5.39. The molecule has 0 aliphatic heterocycles. The minimum absolute atomic E-state index is 0.441. The standard InChI is InChI=1S/C14H21NO/c1-11(2)14(12(3)4)15-16-10-13-8-6-5-7-9-13/h5-9,11-12H,10H2,1-4H3. The molecule has 0 unspecified atom stereocenters. The number of rotatable bonds is 5. The summed E-state index contributed by atoms with van der Waals surface area (Å²) in [5.74, 6) is 0.881. The van der Waals surface area contributed by atoms with Gasteiger partial charge < -0.3 is 4.84 Å². The highest BCUT2D eigenvalue weighted by molar-refractivity contribution is 5.87. The Hall–Kier alpha value is -1.31. The molecule has 0 saturated heterocycles. The van der Waals surface area contributed by atoms with Crippen molar-refractivity contribution < 1.29 is 4.84 Å². The van der Waals surface area contributed by atoms with Crippen molar-refractivity contribution in [1.29, 1.82) is 0 Å². The number of benzene rings is 1. The van der Waals surface area contributed by atoms with Gasteiger partial charge >= 0.3 is 0 Å². The second-order valence-electron chi connectivity index (χ2n) is 4.58. The average molecular weight is 219 g/mol. The molecule has 0 bridgehead atoms. The largest absolute Gasteiger partial charge is 0.391 e. The predicted octanol–water partition coefficient (Wildman–Crippen LogP) is 3.87. The van der Waals surface area contributed by atoms with Crippen LogP contribution in [-0.2, 0) is 11.4 Å². The summed E-state index contributed by atoms with van der Waals surface area (Å²) in [6, 6.07) is 10.1. The van der Waals surface area contributed by atoms with Crippen molar-refractivity contribution in [3.63, 3.8) is 0 Å². The summed E-state index contributed by atoms with van der Waals surface area (Å²) in [6.45, 7) is 9.12. The fraction of sp³-hybridized carbons (Fsp3) is 0.500. The molecule has 0 aromatic heterocycles. The van der Waals surface area contributed by atoms with E-state index in [9.17, 15) is 0 Å². The molecule has 0 atom stereocenters. The smallest absolute Gasteiger partial charge is 0.142 e. The summed E-state index contributed by atoms with van der Waals surface area (Å²) in [7, 11) is 0. The van der Waals surface area contributed by atoms with Crippen LogP contribution in [0.15, 0.2) is 35.5 Å². The van der Waals surface area contributed by atoms with Crippen molar-refractivity contribution in [2.45, 2.75) is 34.3 Å². The topological polar surface area (TPSA) is 21.6 Å². The van der Waals surface area contributed by atoms with E-state index in [0.717, 1.165) is 11.3 Å². The molecule has 0 saturated carbocycles. The van der Waals surface area contributed by atoms with Crippen LogP contribution in [0.25, 0.3) is 0 Å². The van der Waals surface area contributed by atoms with Crippen LogP contribution in [0.4, 0.5) is 0 Å². The molecule has 1 rings (SSSR count). The summed E-state index contributed by atoms with van der Waals surface area (Å²) >= 11 is 0. The molecular weight excluding hydrogens is 198 g/mol. The lowest BCUT2D eigenvalue weighted by molar-refractivity contribution is 0.127. The maximum atomic E-state index is 5.39. The second kappa shape index (κ2) is 6.31. The highest BCUT2D eigenvalue weighted by Crippen LogP contribution is 2.09. The van der Waals surface area contributed by atoms with Crippen LogP contribution in [0.2, 0.25) is 0 Å². The van der Waals surface area contributed by atoms with Gasteiger partial charge in [0.05, 0.1) is 5.71 Å². The van der Waals surface area contributed by atoms with Crippen LogP contribution in [0.1, 0.15) is 33.3 Å². The molecule has 2 nitrogen and oxygen atoms in total. The second-order valence-corrected chi connectivity index (χ2v) is 4.58. The molecule has 0 spiro atoms. The van der Waals surface area contributed by atoms with Crippen molar-refractivity contribution in [3.8, 4) is 0 Å².